The monoisotopic (exact) mass is 302 g/mol. The summed E-state index contributed by atoms with van der Waals surface area (Å²) in [7, 11) is 0. The minimum Gasteiger partial charge on any atom is -0.356 e. The molecule has 4 nitrogen and oxygen atoms in total. The van der Waals surface area contributed by atoms with E-state index >= 15 is 0 Å². The first kappa shape index (κ1) is 16.5. The fourth-order valence-corrected chi connectivity index (χ4v) is 2.79. The summed E-state index contributed by atoms with van der Waals surface area (Å²) >= 11 is 0. The van der Waals surface area contributed by atoms with Crippen LogP contribution in [0.1, 0.15) is 45.6 Å². The van der Waals surface area contributed by atoms with Crippen molar-refractivity contribution in [1.82, 2.24) is 5.32 Å². The van der Waals surface area contributed by atoms with Crippen LogP contribution in [0.4, 0.5) is 5.69 Å². The lowest BCUT2D eigenvalue weighted by atomic mass is 10.0. The lowest BCUT2D eigenvalue weighted by Crippen LogP contribution is -2.35. The van der Waals surface area contributed by atoms with Crippen molar-refractivity contribution in [3.63, 3.8) is 0 Å². The summed E-state index contributed by atoms with van der Waals surface area (Å²) in [5.74, 6) is 0.549. The van der Waals surface area contributed by atoms with Gasteiger partial charge in [0.1, 0.15) is 0 Å². The van der Waals surface area contributed by atoms with Crippen molar-refractivity contribution >= 4 is 17.5 Å². The van der Waals surface area contributed by atoms with Gasteiger partial charge in [-0.1, -0.05) is 45.9 Å². The third-order valence-electron chi connectivity index (χ3n) is 4.03. The van der Waals surface area contributed by atoms with E-state index in [0.717, 1.165) is 11.3 Å². The molecule has 1 aliphatic heterocycles. The van der Waals surface area contributed by atoms with E-state index in [-0.39, 0.29) is 17.7 Å². The molecule has 0 aromatic heterocycles. The van der Waals surface area contributed by atoms with Crippen molar-refractivity contribution in [3.8, 4) is 0 Å². The number of anilines is 1. The summed E-state index contributed by atoms with van der Waals surface area (Å²) in [6.45, 7) is 9.49. The highest BCUT2D eigenvalue weighted by molar-refractivity contribution is 6.00. The Hall–Kier alpha value is -1.84. The number of rotatable bonds is 5. The van der Waals surface area contributed by atoms with E-state index in [2.05, 4.69) is 39.1 Å². The maximum absolute atomic E-state index is 12.3. The van der Waals surface area contributed by atoms with Crippen LogP contribution in [-0.4, -0.2) is 24.9 Å². The van der Waals surface area contributed by atoms with Crippen LogP contribution in [0.2, 0.25) is 0 Å². The fourth-order valence-electron chi connectivity index (χ4n) is 2.79. The molecule has 4 heteroatoms. The summed E-state index contributed by atoms with van der Waals surface area (Å²) in [6, 6.07) is 7.97. The summed E-state index contributed by atoms with van der Waals surface area (Å²) in [4.78, 5) is 26.3. The van der Waals surface area contributed by atoms with Crippen molar-refractivity contribution in [2.75, 3.05) is 18.0 Å². The first-order valence-corrected chi connectivity index (χ1v) is 8.07. The molecule has 1 saturated heterocycles. The Morgan fingerprint density at radius 3 is 2.59 bits per heavy atom. The topological polar surface area (TPSA) is 49.4 Å². The molecule has 1 aliphatic rings. The van der Waals surface area contributed by atoms with Gasteiger partial charge in [0.2, 0.25) is 11.8 Å². The van der Waals surface area contributed by atoms with Crippen LogP contribution in [-0.2, 0) is 9.59 Å². The Kier molecular flexibility index (Phi) is 5.22. The molecule has 0 aliphatic carbocycles. The van der Waals surface area contributed by atoms with Crippen molar-refractivity contribution in [2.24, 2.45) is 11.8 Å². The fraction of sp³-hybridized carbons (Fsp3) is 0.556. The highest BCUT2D eigenvalue weighted by Crippen LogP contribution is 2.32. The van der Waals surface area contributed by atoms with Crippen LogP contribution in [0.25, 0.3) is 0 Å². The van der Waals surface area contributed by atoms with Crippen molar-refractivity contribution in [1.29, 1.82) is 0 Å². The molecule has 120 valence electrons. The molecule has 0 spiro atoms. The van der Waals surface area contributed by atoms with E-state index in [1.54, 1.807) is 4.90 Å². The molecule has 1 atom stereocenters. The average Bonchev–Trinajstić information content (AvgIpc) is 2.86. The minimum atomic E-state index is -0.244. The smallest absolute Gasteiger partial charge is 0.227 e. The third kappa shape index (κ3) is 3.67. The molecule has 0 radical (unpaired) electrons. The zero-order chi connectivity index (χ0) is 16.3. The van der Waals surface area contributed by atoms with Gasteiger partial charge in [0.05, 0.1) is 5.92 Å². The zero-order valence-corrected chi connectivity index (χ0v) is 13.9. The van der Waals surface area contributed by atoms with E-state index in [4.69, 9.17) is 0 Å². The van der Waals surface area contributed by atoms with Crippen LogP contribution in [0, 0.1) is 11.8 Å². The van der Waals surface area contributed by atoms with Gasteiger partial charge in [0.25, 0.3) is 0 Å². The van der Waals surface area contributed by atoms with Gasteiger partial charge in [0.15, 0.2) is 0 Å². The Morgan fingerprint density at radius 2 is 1.95 bits per heavy atom. The van der Waals surface area contributed by atoms with E-state index in [9.17, 15) is 9.59 Å². The largest absolute Gasteiger partial charge is 0.356 e. The molecular weight excluding hydrogens is 276 g/mol. The first-order valence-electron chi connectivity index (χ1n) is 8.07. The number of carbonyl (C=O) groups excluding carboxylic acids is 2. The third-order valence-corrected chi connectivity index (χ3v) is 4.03. The van der Waals surface area contributed by atoms with Gasteiger partial charge in [-0.05, 0) is 23.5 Å². The molecule has 1 aromatic carbocycles. The lowest BCUT2D eigenvalue weighted by molar-refractivity contribution is -0.126. The first-order chi connectivity index (χ1) is 10.4. The molecule has 22 heavy (non-hydrogen) atoms. The molecule has 1 aromatic rings. The maximum Gasteiger partial charge on any atom is 0.227 e. The van der Waals surface area contributed by atoms with Gasteiger partial charge in [0, 0.05) is 25.2 Å². The lowest BCUT2D eigenvalue weighted by Gasteiger charge is -2.22. The Labute approximate surface area is 132 Å². The second kappa shape index (κ2) is 6.95. The van der Waals surface area contributed by atoms with E-state index in [1.165, 1.54) is 0 Å². The van der Waals surface area contributed by atoms with Gasteiger partial charge >= 0.3 is 0 Å². The Balaban J connectivity index is 2.12. The molecule has 1 unspecified atom stereocenters. The predicted octanol–water partition coefficient (Wildman–Crippen LogP) is 2.94. The molecule has 0 saturated carbocycles. The number of para-hydroxylation sites is 1. The van der Waals surface area contributed by atoms with Crippen LogP contribution >= 0.6 is 0 Å². The number of amides is 2. The van der Waals surface area contributed by atoms with Crippen LogP contribution < -0.4 is 10.2 Å². The van der Waals surface area contributed by atoms with Gasteiger partial charge in [-0.3, -0.25) is 9.59 Å². The quantitative estimate of drug-likeness (QED) is 0.909. The second-order valence-corrected chi connectivity index (χ2v) is 6.76. The van der Waals surface area contributed by atoms with Crippen LogP contribution in [0.3, 0.4) is 0 Å². The van der Waals surface area contributed by atoms with Crippen LogP contribution in [0.5, 0.6) is 0 Å². The number of hydrogen-bond donors (Lipinski definition) is 1. The van der Waals surface area contributed by atoms with E-state index in [0.29, 0.717) is 31.3 Å². The molecule has 1 heterocycles. The molecule has 2 rings (SSSR count). The second-order valence-electron chi connectivity index (χ2n) is 6.76. The maximum atomic E-state index is 12.3. The number of nitrogens with one attached hydrogen (secondary N) is 1. The normalized spacial score (nSPS) is 18.4. The van der Waals surface area contributed by atoms with Crippen molar-refractivity contribution in [3.05, 3.63) is 29.8 Å². The minimum absolute atomic E-state index is 0.00780. The van der Waals surface area contributed by atoms with E-state index in [1.807, 2.05) is 18.2 Å². The standard InChI is InChI=1S/C18H26N2O2/c1-12(2)10-19-18(22)14-9-17(21)20(11-14)16-8-6-5-7-15(16)13(3)4/h5-8,12-14H,9-11H2,1-4H3,(H,19,22). The molecule has 2 amide bonds. The van der Waals surface area contributed by atoms with Gasteiger partial charge in [-0.25, -0.2) is 0 Å². The van der Waals surface area contributed by atoms with Gasteiger partial charge < -0.3 is 10.2 Å². The van der Waals surface area contributed by atoms with Crippen LogP contribution in [0.15, 0.2) is 24.3 Å². The number of hydrogen-bond acceptors (Lipinski definition) is 2. The summed E-state index contributed by atoms with van der Waals surface area (Å²) in [5, 5.41) is 2.94. The summed E-state index contributed by atoms with van der Waals surface area (Å²) in [5.41, 5.74) is 2.10. The summed E-state index contributed by atoms with van der Waals surface area (Å²) < 4.78 is 0. The highest BCUT2D eigenvalue weighted by atomic mass is 16.2. The van der Waals surface area contributed by atoms with E-state index < -0.39 is 0 Å². The molecular formula is C18H26N2O2. The highest BCUT2D eigenvalue weighted by Gasteiger charge is 2.35. The number of nitrogens with zero attached hydrogens (tertiary/aromatic N) is 1. The van der Waals surface area contributed by atoms with Crippen molar-refractivity contribution < 1.29 is 9.59 Å². The molecule has 1 fully saturated rings. The SMILES string of the molecule is CC(C)CNC(=O)C1CC(=O)N(c2ccccc2C(C)C)C1. The zero-order valence-electron chi connectivity index (χ0n) is 13.9. The number of benzene rings is 1. The average molecular weight is 302 g/mol. The Morgan fingerprint density at radius 1 is 1.27 bits per heavy atom. The Bertz CT molecular complexity index is 552. The molecule has 1 N–H and O–H groups in total. The van der Waals surface area contributed by atoms with Gasteiger partial charge in [-0.2, -0.15) is 0 Å². The number of carbonyl (C=O) groups is 2. The predicted molar refractivity (Wildman–Crippen MR) is 88.8 cm³/mol. The van der Waals surface area contributed by atoms with Crippen molar-refractivity contribution in [2.45, 2.75) is 40.0 Å². The summed E-state index contributed by atoms with van der Waals surface area (Å²) in [6.07, 6.45) is 0.302. The molecule has 0 bridgehead atoms. The van der Waals surface area contributed by atoms with Gasteiger partial charge in [-0.15, -0.1) is 0 Å².